The van der Waals surface area contributed by atoms with Crippen LogP contribution in [0.4, 0.5) is 0 Å². The van der Waals surface area contributed by atoms with Gasteiger partial charge in [0.05, 0.1) is 40.3 Å². The molecule has 91 heavy (non-hydrogen) atoms. The number of carbonyl (C=O) groups is 3. The number of ether oxygens (including phenoxy) is 4. The fourth-order valence-electron chi connectivity index (χ4n) is 10.7. The lowest BCUT2D eigenvalue weighted by Gasteiger charge is -2.26. The van der Waals surface area contributed by atoms with Crippen LogP contribution in [0, 0.1) is 0 Å². The summed E-state index contributed by atoms with van der Waals surface area (Å²) in [6.07, 6.45) is 97.6. The van der Waals surface area contributed by atoms with E-state index < -0.39 is 24.3 Å². The van der Waals surface area contributed by atoms with Crippen LogP contribution in [0.2, 0.25) is 0 Å². The summed E-state index contributed by atoms with van der Waals surface area (Å²) < 4.78 is 22.8. The number of hydrogen-bond donors (Lipinski definition) is 0. The number of allylic oxidation sites excluding steroid dienone is 18. The van der Waals surface area contributed by atoms with Gasteiger partial charge in [-0.15, -0.1) is 0 Å². The lowest BCUT2D eigenvalue weighted by atomic mass is 10.0. The van der Waals surface area contributed by atoms with E-state index in [0.717, 1.165) is 89.9 Å². The van der Waals surface area contributed by atoms with Crippen LogP contribution in [-0.2, 0) is 33.3 Å². The molecule has 524 valence electrons. The minimum absolute atomic E-state index is 0.145. The highest BCUT2D eigenvalue weighted by atomic mass is 16.7. The largest absolute Gasteiger partial charge is 0.545 e. The van der Waals surface area contributed by atoms with Crippen molar-refractivity contribution in [1.82, 2.24) is 0 Å². The highest BCUT2D eigenvalue weighted by molar-refractivity contribution is 5.70. The molecule has 0 aromatic rings. The molecule has 2 atom stereocenters. The van der Waals surface area contributed by atoms with E-state index in [4.69, 9.17) is 18.9 Å². The number of carboxylic acids is 1. The van der Waals surface area contributed by atoms with Crippen LogP contribution in [0.15, 0.2) is 109 Å². The molecule has 0 spiro atoms. The average Bonchev–Trinajstić information content (AvgIpc) is 3.46. The van der Waals surface area contributed by atoms with E-state index in [1.807, 2.05) is 21.1 Å². The summed E-state index contributed by atoms with van der Waals surface area (Å²) in [7, 11) is 5.94. The third-order valence-corrected chi connectivity index (χ3v) is 16.5. The summed E-state index contributed by atoms with van der Waals surface area (Å²) in [4.78, 5) is 37.6. The monoisotopic (exact) mass is 1270 g/mol. The Balaban J connectivity index is 4.07. The molecule has 9 heteroatoms. The SMILES string of the molecule is CC/C=C\C/C=C\C/C=C\C/C=C\C/C=C\C/C=C\C/C=C\CCCCCCCCCCCCCCCC(=O)OC(COC(=O)CCCCCCCCCCCCCCCCCCCCC/C=C\C/C=C\CCCCCCC)COC(OCC[N+](C)(C)C)C(=O)[O-]. The number of rotatable bonds is 70. The van der Waals surface area contributed by atoms with E-state index in [-0.39, 0.29) is 32.2 Å². The first kappa shape index (κ1) is 87.0. The number of carboxylic acid groups (broad SMARTS) is 1. The Labute approximate surface area is 562 Å². The van der Waals surface area contributed by atoms with Crippen molar-refractivity contribution in [3.05, 3.63) is 109 Å². The van der Waals surface area contributed by atoms with Gasteiger partial charge in [-0.2, -0.15) is 0 Å². The molecule has 0 saturated heterocycles. The number of likely N-dealkylation sites (N-methyl/N-ethyl adjacent to an activating group) is 1. The van der Waals surface area contributed by atoms with Crippen molar-refractivity contribution in [3.63, 3.8) is 0 Å². The van der Waals surface area contributed by atoms with Crippen LogP contribution in [0.5, 0.6) is 0 Å². The highest BCUT2D eigenvalue weighted by Crippen LogP contribution is 2.18. The zero-order chi connectivity index (χ0) is 66.1. The van der Waals surface area contributed by atoms with Gasteiger partial charge in [-0.3, -0.25) is 9.59 Å². The number of hydrogen-bond acceptors (Lipinski definition) is 8. The van der Waals surface area contributed by atoms with E-state index in [2.05, 4.69) is 123 Å². The second-order valence-electron chi connectivity index (χ2n) is 26.6. The normalized spacial score (nSPS) is 13.3. The first-order valence-corrected chi connectivity index (χ1v) is 38.0. The molecule has 9 nitrogen and oxygen atoms in total. The van der Waals surface area contributed by atoms with Crippen molar-refractivity contribution in [2.45, 2.75) is 347 Å². The number of unbranched alkanes of at least 4 members (excludes halogenated alkanes) is 37. The second kappa shape index (κ2) is 71.8. The topological polar surface area (TPSA) is 111 Å². The Morgan fingerprint density at radius 3 is 0.934 bits per heavy atom. The van der Waals surface area contributed by atoms with Gasteiger partial charge >= 0.3 is 11.9 Å². The molecule has 0 aromatic heterocycles. The van der Waals surface area contributed by atoms with Gasteiger partial charge in [0.1, 0.15) is 13.2 Å². The Hall–Kier alpha value is -4.05. The maximum atomic E-state index is 13.0. The van der Waals surface area contributed by atoms with Gasteiger partial charge in [-0.1, -0.05) is 329 Å². The van der Waals surface area contributed by atoms with Gasteiger partial charge < -0.3 is 33.3 Å². The molecule has 0 rings (SSSR count). The lowest BCUT2D eigenvalue weighted by molar-refractivity contribution is -0.870. The van der Waals surface area contributed by atoms with Gasteiger partial charge in [0.2, 0.25) is 0 Å². The summed E-state index contributed by atoms with van der Waals surface area (Å²) in [6, 6.07) is 0. The van der Waals surface area contributed by atoms with Crippen LogP contribution >= 0.6 is 0 Å². The molecule has 0 amide bonds. The van der Waals surface area contributed by atoms with Gasteiger partial charge in [-0.25, -0.2) is 0 Å². The summed E-state index contributed by atoms with van der Waals surface area (Å²) in [5.74, 6) is -2.27. The molecule has 0 aliphatic rings. The van der Waals surface area contributed by atoms with Crippen LogP contribution in [0.3, 0.4) is 0 Å². The predicted octanol–water partition coefficient (Wildman–Crippen LogP) is 22.8. The molecule has 0 heterocycles. The third kappa shape index (κ3) is 73.2. The third-order valence-electron chi connectivity index (χ3n) is 16.5. The zero-order valence-electron chi connectivity index (χ0n) is 59.9. The quantitative estimate of drug-likeness (QED) is 0.0195. The first-order valence-electron chi connectivity index (χ1n) is 38.0. The van der Waals surface area contributed by atoms with E-state index in [0.29, 0.717) is 23.9 Å². The number of quaternary nitrogens is 1. The van der Waals surface area contributed by atoms with E-state index >= 15 is 0 Å². The minimum atomic E-state index is -1.63. The lowest BCUT2D eigenvalue weighted by Crippen LogP contribution is -2.44. The molecule has 0 aliphatic carbocycles. The summed E-state index contributed by atoms with van der Waals surface area (Å²) in [5.41, 5.74) is 0. The Morgan fingerprint density at radius 2 is 0.626 bits per heavy atom. The van der Waals surface area contributed by atoms with Crippen molar-refractivity contribution >= 4 is 17.9 Å². The average molecular weight is 1270 g/mol. The van der Waals surface area contributed by atoms with Gasteiger partial charge in [-0.05, 0) is 103 Å². The molecule has 0 radical (unpaired) electrons. The number of aliphatic carboxylic acids is 1. The van der Waals surface area contributed by atoms with E-state index in [9.17, 15) is 19.5 Å². The van der Waals surface area contributed by atoms with Crippen molar-refractivity contribution in [2.24, 2.45) is 0 Å². The second-order valence-corrected chi connectivity index (χ2v) is 26.6. The van der Waals surface area contributed by atoms with Gasteiger partial charge in [0.25, 0.3) is 0 Å². The van der Waals surface area contributed by atoms with E-state index in [1.165, 1.54) is 212 Å². The zero-order valence-corrected chi connectivity index (χ0v) is 59.9. The number of carbonyl (C=O) groups excluding carboxylic acids is 3. The number of esters is 2. The predicted molar refractivity (Wildman–Crippen MR) is 389 cm³/mol. The Morgan fingerprint density at radius 1 is 0.341 bits per heavy atom. The Kier molecular flexibility index (Phi) is 68.6. The van der Waals surface area contributed by atoms with Crippen LogP contribution < -0.4 is 5.11 Å². The summed E-state index contributed by atoms with van der Waals surface area (Å²) in [6.45, 7) is 4.66. The van der Waals surface area contributed by atoms with Crippen molar-refractivity contribution in [1.29, 1.82) is 0 Å². The standard InChI is InChI=1S/C82H143NO8/c1-6-8-10-12-14-16-18-20-22-24-26-28-30-32-34-36-38-39-40-41-43-45-47-49-51-53-55-57-59-61-63-65-67-69-71-73-80(85)91-78(77-90-82(81(86)87)88-75-74-83(3,4)5)76-89-79(84)72-70-68-66-64-62-60-58-56-54-52-50-48-46-44-42-37-35-33-31-29-27-25-23-21-19-17-15-13-11-9-7-2/h8,10,14,16,19-22,25-28,32,34,38-39,41,43,78,82H,6-7,9,11-13,15,17-18,23-24,29-31,33,35-37,40,42,44-77H2,1-5H3/b10-8-,16-14-,21-19-,22-20-,27-25-,28-26-,34-32-,39-38-,43-41-. The van der Waals surface area contributed by atoms with Crippen molar-refractivity contribution in [3.8, 4) is 0 Å². The van der Waals surface area contributed by atoms with Gasteiger partial charge in [0, 0.05) is 12.8 Å². The number of nitrogens with zero attached hydrogens (tertiary/aromatic N) is 1. The molecular formula is C82H143NO8. The smallest absolute Gasteiger partial charge is 0.306 e. The fraction of sp³-hybridized carbons (Fsp3) is 0.744. The van der Waals surface area contributed by atoms with E-state index in [1.54, 1.807) is 0 Å². The molecule has 2 unspecified atom stereocenters. The molecule has 0 bridgehead atoms. The maximum absolute atomic E-state index is 13.0. The molecule has 0 N–H and O–H groups in total. The fourth-order valence-corrected chi connectivity index (χ4v) is 10.7. The summed E-state index contributed by atoms with van der Waals surface area (Å²) in [5, 5.41) is 11.8. The van der Waals surface area contributed by atoms with Crippen molar-refractivity contribution < 1.29 is 42.9 Å². The molecule has 0 saturated carbocycles. The molecule has 0 aliphatic heterocycles. The van der Waals surface area contributed by atoms with Gasteiger partial charge in [0.15, 0.2) is 12.4 Å². The highest BCUT2D eigenvalue weighted by Gasteiger charge is 2.22. The molecule has 0 fully saturated rings. The minimum Gasteiger partial charge on any atom is -0.545 e. The van der Waals surface area contributed by atoms with Crippen LogP contribution in [-0.4, -0.2) is 82.3 Å². The van der Waals surface area contributed by atoms with Crippen molar-refractivity contribution in [2.75, 3.05) is 47.5 Å². The van der Waals surface area contributed by atoms with Crippen LogP contribution in [0.1, 0.15) is 335 Å². The van der Waals surface area contributed by atoms with Crippen LogP contribution in [0.25, 0.3) is 0 Å². The molecule has 0 aromatic carbocycles. The maximum Gasteiger partial charge on any atom is 0.306 e. The Bertz CT molecular complexity index is 1870. The summed E-state index contributed by atoms with van der Waals surface area (Å²) >= 11 is 0. The molecular weight excluding hydrogens is 1130 g/mol. The first-order chi connectivity index (χ1) is 44.6.